The molecule has 30 heavy (non-hydrogen) atoms. The second-order valence-corrected chi connectivity index (χ2v) is 8.24. The summed E-state index contributed by atoms with van der Waals surface area (Å²) in [4.78, 5) is 11.1. The number of hydrogen-bond donors (Lipinski definition) is 3. The molecule has 158 valence electrons. The monoisotopic (exact) mass is 422 g/mol. The van der Waals surface area contributed by atoms with Gasteiger partial charge in [-0.05, 0) is 31.7 Å². The van der Waals surface area contributed by atoms with Crippen LogP contribution in [0.4, 0.5) is 0 Å². The predicted octanol–water partition coefficient (Wildman–Crippen LogP) is 2.86. The van der Waals surface area contributed by atoms with Crippen molar-refractivity contribution >= 4 is 35.5 Å². The average molecular weight is 422 g/mol. The van der Waals surface area contributed by atoms with Crippen LogP contribution in [0, 0.1) is 23.2 Å². The first kappa shape index (κ1) is 25.0. The van der Waals surface area contributed by atoms with Crippen LogP contribution in [-0.2, 0) is 4.79 Å². The van der Waals surface area contributed by atoms with Gasteiger partial charge in [-0.15, -0.1) is 11.8 Å². The summed E-state index contributed by atoms with van der Waals surface area (Å²) in [6, 6.07) is 7.85. The first-order valence-corrected chi connectivity index (χ1v) is 10.3. The molecule has 1 aromatic rings. The average Bonchev–Trinajstić information content (AvgIpc) is 3.18. The minimum atomic E-state index is -0.844. The third-order valence-corrected chi connectivity index (χ3v) is 6.35. The molecule has 6 atom stereocenters. The van der Waals surface area contributed by atoms with Crippen LogP contribution in [0.15, 0.2) is 36.4 Å². The van der Waals surface area contributed by atoms with Crippen LogP contribution in [0.1, 0.15) is 57.4 Å². The summed E-state index contributed by atoms with van der Waals surface area (Å²) in [7, 11) is 0. The minimum absolute atomic E-state index is 0. The summed E-state index contributed by atoms with van der Waals surface area (Å²) in [6.45, 7) is 3.72. The van der Waals surface area contributed by atoms with Gasteiger partial charge in [0.05, 0.1) is 12.2 Å². The van der Waals surface area contributed by atoms with E-state index in [0.29, 0.717) is 25.7 Å². The Bertz CT molecular complexity index is 826. The standard InChI is InChI=1S/C24H30O5.Na.H/c1-3-4-8-16(2)18(25)12-14-24(13-7-11-22(27)28)21(26)15-20-23(24)17-9-5-6-10-19(17)29-20;;/h5-6,9-10,12,14,16,18,20-21,23,25-26H,7-8,11,13,15H2,1-2H3,(H,27,28);;/t16-,18+,20-,21+,23-,24+;;/m0../s1. The van der Waals surface area contributed by atoms with Crippen LogP contribution in [0.5, 0.6) is 5.75 Å². The van der Waals surface area contributed by atoms with E-state index in [-0.39, 0.29) is 53.9 Å². The molecule has 2 aliphatic rings. The number of carboxylic acid groups (broad SMARTS) is 1. The van der Waals surface area contributed by atoms with Gasteiger partial charge in [-0.3, -0.25) is 4.79 Å². The van der Waals surface area contributed by atoms with Crippen LogP contribution >= 0.6 is 0 Å². The van der Waals surface area contributed by atoms with Crippen molar-refractivity contribution < 1.29 is 24.9 Å². The Balaban J connectivity index is 0.00000320. The van der Waals surface area contributed by atoms with E-state index in [2.05, 4.69) is 11.8 Å². The number of hydrogen-bond acceptors (Lipinski definition) is 4. The van der Waals surface area contributed by atoms with Crippen molar-refractivity contribution in [3.8, 4) is 17.6 Å². The van der Waals surface area contributed by atoms with Crippen LogP contribution in [0.3, 0.4) is 0 Å². The van der Waals surface area contributed by atoms with Crippen molar-refractivity contribution in [3.63, 3.8) is 0 Å². The van der Waals surface area contributed by atoms with Gasteiger partial charge in [-0.1, -0.05) is 37.3 Å². The molecule has 1 fully saturated rings. The summed E-state index contributed by atoms with van der Waals surface area (Å²) < 4.78 is 6.10. The van der Waals surface area contributed by atoms with Crippen molar-refractivity contribution in [2.24, 2.45) is 11.3 Å². The Morgan fingerprint density at radius 1 is 1.40 bits per heavy atom. The van der Waals surface area contributed by atoms with Gasteiger partial charge >= 0.3 is 35.5 Å². The van der Waals surface area contributed by atoms with Crippen molar-refractivity contribution in [1.29, 1.82) is 0 Å². The summed E-state index contributed by atoms with van der Waals surface area (Å²) in [5.41, 5.74) is 0.387. The zero-order chi connectivity index (χ0) is 21.0. The quantitative estimate of drug-likeness (QED) is 0.341. The van der Waals surface area contributed by atoms with E-state index in [9.17, 15) is 15.0 Å². The molecule has 0 amide bonds. The molecule has 1 aliphatic heterocycles. The molecule has 0 bridgehead atoms. The SMILES string of the molecule is CC#CC[C@H](C)[C@H](O)C=C[C@]1(CCCC(=O)O)[C@H](O)C[C@@H]2Oc3ccccc3[C@@H]21.[NaH]. The number of aliphatic hydroxyl groups is 2. The molecule has 0 spiro atoms. The third kappa shape index (κ3) is 5.12. The second kappa shape index (κ2) is 10.8. The number of rotatable bonds is 8. The zero-order valence-corrected chi connectivity index (χ0v) is 17.0. The van der Waals surface area contributed by atoms with Crippen LogP contribution < -0.4 is 4.74 Å². The molecule has 6 heteroatoms. The van der Waals surface area contributed by atoms with Crippen molar-refractivity contribution in [2.45, 2.75) is 70.2 Å². The molecule has 0 unspecified atom stereocenters. The van der Waals surface area contributed by atoms with Gasteiger partial charge in [0.15, 0.2) is 0 Å². The summed E-state index contributed by atoms with van der Waals surface area (Å²) in [6.07, 6.45) is 4.31. The summed E-state index contributed by atoms with van der Waals surface area (Å²) in [5, 5.41) is 30.7. The Morgan fingerprint density at radius 3 is 2.83 bits per heavy atom. The number of carbonyl (C=O) groups is 1. The van der Waals surface area contributed by atoms with Gasteiger partial charge in [0.25, 0.3) is 0 Å². The van der Waals surface area contributed by atoms with E-state index in [1.54, 1.807) is 13.0 Å². The molecule has 3 N–H and O–H groups in total. The van der Waals surface area contributed by atoms with Gasteiger partial charge in [0.2, 0.25) is 0 Å². The molecule has 1 saturated carbocycles. The second-order valence-electron chi connectivity index (χ2n) is 8.24. The van der Waals surface area contributed by atoms with Gasteiger partial charge in [0.1, 0.15) is 11.9 Å². The molecule has 1 heterocycles. The van der Waals surface area contributed by atoms with Gasteiger partial charge in [-0.25, -0.2) is 0 Å². The Hall–Kier alpha value is -1.29. The molecule has 0 radical (unpaired) electrons. The summed E-state index contributed by atoms with van der Waals surface area (Å²) >= 11 is 0. The van der Waals surface area contributed by atoms with Gasteiger partial charge in [0, 0.05) is 36.2 Å². The number of benzene rings is 1. The third-order valence-electron chi connectivity index (χ3n) is 6.35. The zero-order valence-electron chi connectivity index (χ0n) is 17.0. The topological polar surface area (TPSA) is 87.0 Å². The number of fused-ring (bicyclic) bond motifs is 3. The van der Waals surface area contributed by atoms with E-state index in [4.69, 9.17) is 9.84 Å². The van der Waals surface area contributed by atoms with Gasteiger partial charge < -0.3 is 20.1 Å². The Kier molecular flexibility index (Phi) is 9.02. The van der Waals surface area contributed by atoms with E-state index >= 15 is 0 Å². The fourth-order valence-corrected chi connectivity index (χ4v) is 4.76. The maximum absolute atomic E-state index is 11.1. The van der Waals surface area contributed by atoms with E-state index in [1.807, 2.05) is 37.3 Å². The summed E-state index contributed by atoms with van der Waals surface area (Å²) in [5.74, 6) is 5.74. The first-order chi connectivity index (χ1) is 13.9. The van der Waals surface area contributed by atoms with Crippen molar-refractivity contribution in [3.05, 3.63) is 42.0 Å². The number of para-hydroxylation sites is 1. The number of ether oxygens (including phenoxy) is 1. The van der Waals surface area contributed by atoms with Gasteiger partial charge in [-0.2, -0.15) is 0 Å². The number of aliphatic carboxylic acids is 1. The molecule has 5 nitrogen and oxygen atoms in total. The number of aliphatic hydroxyl groups excluding tert-OH is 2. The van der Waals surface area contributed by atoms with Crippen LogP contribution in [0.2, 0.25) is 0 Å². The van der Waals surface area contributed by atoms with E-state index in [0.717, 1.165) is 11.3 Å². The molecular formula is C24H31NaO5. The van der Waals surface area contributed by atoms with E-state index in [1.165, 1.54) is 0 Å². The molecule has 0 aromatic heterocycles. The number of carboxylic acids is 1. The predicted molar refractivity (Wildman–Crippen MR) is 118 cm³/mol. The first-order valence-electron chi connectivity index (χ1n) is 10.3. The van der Waals surface area contributed by atoms with Crippen molar-refractivity contribution in [1.82, 2.24) is 0 Å². The molecule has 1 aliphatic carbocycles. The maximum atomic E-state index is 11.1. The van der Waals surface area contributed by atoms with Crippen LogP contribution in [0.25, 0.3) is 0 Å². The molecule has 1 aromatic carbocycles. The molecular weight excluding hydrogens is 391 g/mol. The Morgan fingerprint density at radius 2 is 2.13 bits per heavy atom. The molecule has 3 rings (SSSR count). The van der Waals surface area contributed by atoms with Crippen LogP contribution in [-0.4, -0.2) is 69.2 Å². The Labute approximate surface area is 200 Å². The fraction of sp³-hybridized carbons (Fsp3) is 0.542. The molecule has 0 saturated heterocycles. The fourth-order valence-electron chi connectivity index (χ4n) is 4.76. The normalized spacial score (nSPS) is 28.5. The van der Waals surface area contributed by atoms with E-state index < -0.39 is 23.6 Å². The van der Waals surface area contributed by atoms with Crippen molar-refractivity contribution in [2.75, 3.05) is 0 Å².